The van der Waals surface area contributed by atoms with Gasteiger partial charge in [-0.2, -0.15) is 0 Å². The van der Waals surface area contributed by atoms with Gasteiger partial charge in [-0.05, 0) is 38.1 Å². The molecule has 0 radical (unpaired) electrons. The van der Waals surface area contributed by atoms with Crippen LogP contribution in [0.15, 0.2) is 34.9 Å². The maximum absolute atomic E-state index is 12.1. The van der Waals surface area contributed by atoms with Crippen molar-refractivity contribution < 1.29 is 9.21 Å². The Hall–Kier alpha value is -2.58. The Morgan fingerprint density at radius 3 is 2.71 bits per heavy atom. The number of rotatable bonds is 3. The summed E-state index contributed by atoms with van der Waals surface area (Å²) in [4.78, 5) is 16.2. The van der Waals surface area contributed by atoms with Gasteiger partial charge in [-0.1, -0.05) is 11.8 Å². The van der Waals surface area contributed by atoms with E-state index in [-0.39, 0.29) is 11.9 Å². The van der Waals surface area contributed by atoms with Crippen molar-refractivity contribution in [3.8, 4) is 11.8 Å². The van der Waals surface area contributed by atoms with Crippen LogP contribution in [-0.2, 0) is 0 Å². The molecule has 2 aromatic rings. The van der Waals surface area contributed by atoms with Crippen LogP contribution in [0.3, 0.4) is 0 Å². The number of amides is 1. The molecule has 1 amide bonds. The van der Waals surface area contributed by atoms with Gasteiger partial charge in [0.2, 0.25) is 5.89 Å². The number of oxazole rings is 1. The lowest BCUT2D eigenvalue weighted by Crippen LogP contribution is -2.26. The van der Waals surface area contributed by atoms with Crippen molar-refractivity contribution in [3.63, 3.8) is 0 Å². The Bertz CT molecular complexity index is 678. The summed E-state index contributed by atoms with van der Waals surface area (Å²) >= 11 is 0. The maximum Gasteiger partial charge on any atom is 0.251 e. The molecule has 1 aromatic carbocycles. The van der Waals surface area contributed by atoms with E-state index in [1.54, 1.807) is 30.5 Å². The van der Waals surface area contributed by atoms with E-state index in [0.717, 1.165) is 5.56 Å². The average Bonchev–Trinajstić information content (AvgIpc) is 2.92. The van der Waals surface area contributed by atoms with E-state index in [1.807, 2.05) is 13.8 Å². The molecule has 0 aliphatic heterocycles. The van der Waals surface area contributed by atoms with Crippen LogP contribution in [0.25, 0.3) is 0 Å². The van der Waals surface area contributed by atoms with E-state index < -0.39 is 0 Å². The molecule has 0 fully saturated rings. The van der Waals surface area contributed by atoms with Gasteiger partial charge < -0.3 is 15.5 Å². The molecule has 2 rings (SSSR count). The third-order valence-corrected chi connectivity index (χ3v) is 2.84. The Kier molecular flexibility index (Phi) is 4.75. The minimum absolute atomic E-state index is 0.184. The summed E-state index contributed by atoms with van der Waals surface area (Å²) in [6, 6.07) is 6.74. The lowest BCUT2D eigenvalue weighted by Gasteiger charge is -2.10. The Morgan fingerprint density at radius 1 is 1.43 bits per heavy atom. The van der Waals surface area contributed by atoms with E-state index in [1.165, 1.54) is 0 Å². The van der Waals surface area contributed by atoms with Gasteiger partial charge in [0.15, 0.2) is 0 Å². The molecule has 3 N–H and O–H groups in total. The molecule has 0 aliphatic carbocycles. The molecule has 0 saturated carbocycles. The Balaban J connectivity index is 2.03. The first-order valence-electron chi connectivity index (χ1n) is 6.62. The highest BCUT2D eigenvalue weighted by Gasteiger charge is 2.15. The van der Waals surface area contributed by atoms with Crippen LogP contribution < -0.4 is 11.1 Å². The minimum atomic E-state index is -0.289. The van der Waals surface area contributed by atoms with Gasteiger partial charge in [-0.25, -0.2) is 4.98 Å². The number of benzene rings is 1. The normalized spacial score (nSPS) is 11.4. The highest BCUT2D eigenvalue weighted by atomic mass is 16.4. The summed E-state index contributed by atoms with van der Waals surface area (Å²) in [6.45, 7) is 3.95. The van der Waals surface area contributed by atoms with Crippen molar-refractivity contribution in [2.75, 3.05) is 6.54 Å². The highest BCUT2D eigenvalue weighted by Crippen LogP contribution is 2.13. The molecule has 0 aliphatic rings. The molecular weight excluding hydrogens is 266 g/mol. The molecule has 1 aromatic heterocycles. The van der Waals surface area contributed by atoms with Gasteiger partial charge in [-0.15, -0.1) is 0 Å². The molecule has 21 heavy (non-hydrogen) atoms. The number of nitrogens with zero attached hydrogens (tertiary/aromatic N) is 1. The van der Waals surface area contributed by atoms with Crippen LogP contribution in [0.4, 0.5) is 0 Å². The zero-order valence-electron chi connectivity index (χ0n) is 12.0. The second-order valence-electron chi connectivity index (χ2n) is 4.59. The fraction of sp³-hybridized carbons (Fsp3) is 0.250. The number of hydrogen-bond acceptors (Lipinski definition) is 4. The molecule has 108 valence electrons. The van der Waals surface area contributed by atoms with E-state index >= 15 is 0 Å². The van der Waals surface area contributed by atoms with Gasteiger partial charge in [0.1, 0.15) is 11.8 Å². The van der Waals surface area contributed by atoms with Crippen molar-refractivity contribution in [1.29, 1.82) is 0 Å². The van der Waals surface area contributed by atoms with Crippen LogP contribution in [0, 0.1) is 18.8 Å². The lowest BCUT2D eigenvalue weighted by molar-refractivity contribution is 0.0934. The fourth-order valence-corrected chi connectivity index (χ4v) is 1.77. The summed E-state index contributed by atoms with van der Waals surface area (Å²) in [5.41, 5.74) is 6.70. The molecule has 5 nitrogen and oxygen atoms in total. The van der Waals surface area contributed by atoms with E-state index in [2.05, 4.69) is 22.1 Å². The SMILES string of the molecule is Cc1cnc(C(C)NC(=O)c2ccc(C#CCN)cc2)o1. The highest BCUT2D eigenvalue weighted by molar-refractivity contribution is 5.94. The average molecular weight is 283 g/mol. The summed E-state index contributed by atoms with van der Waals surface area (Å²) < 4.78 is 5.39. The first kappa shape index (κ1) is 14.8. The second-order valence-corrected chi connectivity index (χ2v) is 4.59. The first-order chi connectivity index (χ1) is 10.1. The quantitative estimate of drug-likeness (QED) is 0.841. The van der Waals surface area contributed by atoms with Crippen LogP contribution >= 0.6 is 0 Å². The lowest BCUT2D eigenvalue weighted by atomic mass is 10.1. The largest absolute Gasteiger partial charge is 0.444 e. The Labute approximate surface area is 123 Å². The molecule has 0 spiro atoms. The van der Waals surface area contributed by atoms with E-state index in [0.29, 0.717) is 23.8 Å². The van der Waals surface area contributed by atoms with Gasteiger partial charge in [-0.3, -0.25) is 4.79 Å². The molecule has 1 heterocycles. The number of carbonyl (C=O) groups excluding carboxylic acids is 1. The van der Waals surface area contributed by atoms with Crippen molar-refractivity contribution in [2.24, 2.45) is 5.73 Å². The van der Waals surface area contributed by atoms with Crippen LogP contribution in [0.2, 0.25) is 0 Å². The summed E-state index contributed by atoms with van der Waals surface area (Å²) in [7, 11) is 0. The van der Waals surface area contributed by atoms with Gasteiger partial charge in [0.25, 0.3) is 5.91 Å². The Morgan fingerprint density at radius 2 is 2.14 bits per heavy atom. The smallest absolute Gasteiger partial charge is 0.251 e. The van der Waals surface area contributed by atoms with Gasteiger partial charge in [0, 0.05) is 11.1 Å². The fourth-order valence-electron chi connectivity index (χ4n) is 1.77. The number of carbonyl (C=O) groups is 1. The number of aryl methyl sites for hydroxylation is 1. The monoisotopic (exact) mass is 283 g/mol. The molecule has 1 unspecified atom stereocenters. The molecule has 1 atom stereocenters. The molecule has 0 saturated heterocycles. The summed E-state index contributed by atoms with van der Waals surface area (Å²) in [5.74, 6) is 6.70. The van der Waals surface area contributed by atoms with Crippen molar-refractivity contribution in [3.05, 3.63) is 53.2 Å². The van der Waals surface area contributed by atoms with Gasteiger partial charge >= 0.3 is 0 Å². The third-order valence-electron chi connectivity index (χ3n) is 2.84. The standard InChI is InChI=1S/C16H17N3O2/c1-11-10-18-16(21-11)12(2)19-15(20)14-7-5-13(6-8-14)4-3-9-17/h5-8,10,12H,9,17H2,1-2H3,(H,19,20). The van der Waals surface area contributed by atoms with Crippen molar-refractivity contribution >= 4 is 5.91 Å². The molecular formula is C16H17N3O2. The second kappa shape index (κ2) is 6.73. The maximum atomic E-state index is 12.1. The predicted octanol–water partition coefficient (Wildman–Crippen LogP) is 1.78. The van der Waals surface area contributed by atoms with Crippen LogP contribution in [0.5, 0.6) is 0 Å². The topological polar surface area (TPSA) is 81.2 Å². The molecule has 0 bridgehead atoms. The van der Waals surface area contributed by atoms with Gasteiger partial charge in [0.05, 0.1) is 12.7 Å². The summed E-state index contributed by atoms with van der Waals surface area (Å²) in [5, 5.41) is 2.84. The predicted molar refractivity (Wildman–Crippen MR) is 79.5 cm³/mol. The zero-order valence-corrected chi connectivity index (χ0v) is 12.0. The number of nitrogens with two attached hydrogens (primary N) is 1. The van der Waals surface area contributed by atoms with E-state index in [4.69, 9.17) is 10.2 Å². The number of aromatic nitrogens is 1. The third kappa shape index (κ3) is 3.94. The van der Waals surface area contributed by atoms with Crippen LogP contribution in [0.1, 0.15) is 40.5 Å². The zero-order chi connectivity index (χ0) is 15.2. The number of nitrogens with one attached hydrogen (secondary N) is 1. The molecule has 5 heteroatoms. The van der Waals surface area contributed by atoms with Crippen LogP contribution in [-0.4, -0.2) is 17.4 Å². The number of hydrogen-bond donors (Lipinski definition) is 2. The minimum Gasteiger partial charge on any atom is -0.444 e. The summed E-state index contributed by atoms with van der Waals surface area (Å²) in [6.07, 6.45) is 1.63. The van der Waals surface area contributed by atoms with E-state index in [9.17, 15) is 4.79 Å². The first-order valence-corrected chi connectivity index (χ1v) is 6.62. The van der Waals surface area contributed by atoms with Crippen molar-refractivity contribution in [1.82, 2.24) is 10.3 Å². The van der Waals surface area contributed by atoms with Crippen molar-refractivity contribution in [2.45, 2.75) is 19.9 Å².